The van der Waals surface area contributed by atoms with Crippen LogP contribution < -0.4 is 15.5 Å². The second-order valence-electron chi connectivity index (χ2n) is 6.93. The Morgan fingerprint density at radius 3 is 2.96 bits per heavy atom. The maximum Gasteiger partial charge on any atom is 0.191 e. The Bertz CT molecular complexity index is 762. The van der Waals surface area contributed by atoms with Crippen LogP contribution in [0.4, 0.5) is 5.69 Å². The summed E-state index contributed by atoms with van der Waals surface area (Å²) in [5.74, 6) is 1.43. The Kier molecular flexibility index (Phi) is 6.93. The van der Waals surface area contributed by atoms with Crippen LogP contribution in [0.15, 0.2) is 47.6 Å². The third kappa shape index (κ3) is 5.60. The van der Waals surface area contributed by atoms with E-state index in [1.807, 2.05) is 24.3 Å². The summed E-state index contributed by atoms with van der Waals surface area (Å²) < 4.78 is 0. The van der Waals surface area contributed by atoms with Gasteiger partial charge in [-0.3, -0.25) is 4.98 Å². The molecule has 27 heavy (non-hydrogen) atoms. The lowest BCUT2D eigenvalue weighted by atomic mass is 10.1. The van der Waals surface area contributed by atoms with Crippen molar-refractivity contribution in [1.29, 1.82) is 0 Å². The number of aromatic nitrogens is 1. The normalized spacial score (nSPS) is 17.2. The van der Waals surface area contributed by atoms with E-state index in [4.69, 9.17) is 11.6 Å². The molecule has 144 valence electrons. The first-order chi connectivity index (χ1) is 13.2. The minimum Gasteiger partial charge on any atom is -0.371 e. The molecule has 1 atom stereocenters. The number of anilines is 1. The van der Waals surface area contributed by atoms with Gasteiger partial charge in [0.05, 0.1) is 12.2 Å². The van der Waals surface area contributed by atoms with Gasteiger partial charge in [0.25, 0.3) is 0 Å². The molecular weight excluding hydrogens is 358 g/mol. The molecule has 1 saturated heterocycles. The Morgan fingerprint density at radius 1 is 1.30 bits per heavy atom. The maximum atomic E-state index is 6.19. The number of aliphatic imine (C=N–C) groups is 1. The van der Waals surface area contributed by atoms with Gasteiger partial charge in [0.15, 0.2) is 5.96 Å². The first kappa shape index (κ1) is 19.5. The number of hydrogen-bond donors (Lipinski definition) is 2. The zero-order valence-corrected chi connectivity index (χ0v) is 16.8. The topological polar surface area (TPSA) is 52.6 Å². The summed E-state index contributed by atoms with van der Waals surface area (Å²) in [5, 5.41) is 7.60. The van der Waals surface area contributed by atoms with Gasteiger partial charge in [0, 0.05) is 43.1 Å². The third-order valence-electron chi connectivity index (χ3n) is 4.83. The van der Waals surface area contributed by atoms with Crippen molar-refractivity contribution in [2.24, 2.45) is 10.9 Å². The van der Waals surface area contributed by atoms with Crippen LogP contribution in [0.2, 0.25) is 5.02 Å². The number of rotatable bonds is 6. The van der Waals surface area contributed by atoms with Crippen LogP contribution in [0.3, 0.4) is 0 Å². The number of guanidine groups is 1. The Morgan fingerprint density at radius 2 is 2.19 bits per heavy atom. The molecule has 2 N–H and O–H groups in total. The molecule has 5 nitrogen and oxygen atoms in total. The first-order valence-corrected chi connectivity index (χ1v) is 9.96. The van der Waals surface area contributed by atoms with Gasteiger partial charge in [-0.2, -0.15) is 0 Å². The molecular formula is C21H28ClN5. The SMILES string of the molecule is CCNC(=NCc1ccccn1)NCC1CCN(c2cc(Cl)ccc2C)C1. The molecule has 1 unspecified atom stereocenters. The zero-order chi connectivity index (χ0) is 19.1. The van der Waals surface area contributed by atoms with E-state index in [0.717, 1.165) is 42.9 Å². The Labute approximate surface area is 166 Å². The lowest BCUT2D eigenvalue weighted by molar-refractivity contribution is 0.565. The van der Waals surface area contributed by atoms with E-state index in [2.05, 4.69) is 51.5 Å². The summed E-state index contributed by atoms with van der Waals surface area (Å²) in [4.78, 5) is 11.4. The highest BCUT2D eigenvalue weighted by Crippen LogP contribution is 2.29. The molecule has 1 fully saturated rings. The number of benzene rings is 1. The van der Waals surface area contributed by atoms with Crippen LogP contribution in [0.25, 0.3) is 0 Å². The summed E-state index contributed by atoms with van der Waals surface area (Å²) in [5.41, 5.74) is 3.50. The molecule has 0 saturated carbocycles. The lowest BCUT2D eigenvalue weighted by Crippen LogP contribution is -2.40. The second kappa shape index (κ2) is 9.60. The van der Waals surface area contributed by atoms with Gasteiger partial charge in [0.1, 0.15) is 0 Å². The molecule has 1 aromatic carbocycles. The van der Waals surface area contributed by atoms with Gasteiger partial charge in [-0.05, 0) is 56.0 Å². The van der Waals surface area contributed by atoms with Gasteiger partial charge in [-0.1, -0.05) is 23.7 Å². The van der Waals surface area contributed by atoms with Crippen molar-refractivity contribution >= 4 is 23.2 Å². The van der Waals surface area contributed by atoms with E-state index >= 15 is 0 Å². The minimum absolute atomic E-state index is 0.578. The van der Waals surface area contributed by atoms with E-state index in [-0.39, 0.29) is 0 Å². The van der Waals surface area contributed by atoms with E-state index in [0.29, 0.717) is 12.5 Å². The van der Waals surface area contributed by atoms with Gasteiger partial charge in [-0.25, -0.2) is 4.99 Å². The molecule has 1 aliphatic rings. The highest BCUT2D eigenvalue weighted by Gasteiger charge is 2.24. The number of aryl methyl sites for hydroxylation is 1. The monoisotopic (exact) mass is 385 g/mol. The van der Waals surface area contributed by atoms with Crippen molar-refractivity contribution in [3.05, 3.63) is 58.9 Å². The van der Waals surface area contributed by atoms with E-state index in [9.17, 15) is 0 Å². The standard InChI is InChI=1S/C21H28ClN5/c1-3-23-21(26-14-19-6-4-5-10-24-19)25-13-17-9-11-27(15-17)20-12-18(22)8-7-16(20)2/h4-8,10,12,17H,3,9,11,13-15H2,1-2H3,(H2,23,25,26). The Balaban J connectivity index is 1.54. The van der Waals surface area contributed by atoms with Gasteiger partial charge >= 0.3 is 0 Å². The summed E-state index contributed by atoms with van der Waals surface area (Å²) in [6.07, 6.45) is 2.97. The maximum absolute atomic E-state index is 6.19. The molecule has 2 heterocycles. The number of nitrogens with zero attached hydrogens (tertiary/aromatic N) is 3. The molecule has 1 aromatic heterocycles. The fourth-order valence-electron chi connectivity index (χ4n) is 3.38. The molecule has 0 amide bonds. The second-order valence-corrected chi connectivity index (χ2v) is 7.37. The van der Waals surface area contributed by atoms with Crippen LogP contribution in [0.1, 0.15) is 24.6 Å². The third-order valence-corrected chi connectivity index (χ3v) is 5.06. The summed E-state index contributed by atoms with van der Waals surface area (Å²) in [7, 11) is 0. The molecule has 3 rings (SSSR count). The minimum atomic E-state index is 0.578. The van der Waals surface area contributed by atoms with Crippen molar-refractivity contribution < 1.29 is 0 Å². The van der Waals surface area contributed by atoms with E-state index in [1.165, 1.54) is 17.7 Å². The molecule has 6 heteroatoms. The molecule has 2 aromatic rings. The summed E-state index contributed by atoms with van der Waals surface area (Å²) >= 11 is 6.19. The summed E-state index contributed by atoms with van der Waals surface area (Å²) in [6, 6.07) is 12.0. The first-order valence-electron chi connectivity index (χ1n) is 9.59. The summed E-state index contributed by atoms with van der Waals surface area (Å²) in [6.45, 7) is 8.65. The van der Waals surface area contributed by atoms with Crippen LogP contribution in [-0.4, -0.2) is 37.1 Å². The molecule has 0 spiro atoms. The zero-order valence-electron chi connectivity index (χ0n) is 16.1. The smallest absolute Gasteiger partial charge is 0.191 e. The predicted molar refractivity (Wildman–Crippen MR) is 114 cm³/mol. The van der Waals surface area contributed by atoms with Gasteiger partial charge in [0.2, 0.25) is 0 Å². The van der Waals surface area contributed by atoms with E-state index < -0.39 is 0 Å². The average Bonchev–Trinajstić information content (AvgIpc) is 3.15. The molecule has 0 radical (unpaired) electrons. The predicted octanol–water partition coefficient (Wildman–Crippen LogP) is 3.63. The van der Waals surface area contributed by atoms with Crippen molar-refractivity contribution in [2.75, 3.05) is 31.1 Å². The highest BCUT2D eigenvalue weighted by atomic mass is 35.5. The van der Waals surface area contributed by atoms with Gasteiger partial charge < -0.3 is 15.5 Å². The molecule has 0 bridgehead atoms. The lowest BCUT2D eigenvalue weighted by Gasteiger charge is -2.21. The molecule has 0 aliphatic carbocycles. The van der Waals surface area contributed by atoms with Crippen LogP contribution in [0, 0.1) is 12.8 Å². The number of halogens is 1. The van der Waals surface area contributed by atoms with Gasteiger partial charge in [-0.15, -0.1) is 0 Å². The Hall–Kier alpha value is -2.27. The quantitative estimate of drug-likeness (QED) is 0.589. The largest absolute Gasteiger partial charge is 0.371 e. The van der Waals surface area contributed by atoms with Crippen LogP contribution in [-0.2, 0) is 6.54 Å². The van der Waals surface area contributed by atoms with Crippen LogP contribution >= 0.6 is 11.6 Å². The average molecular weight is 386 g/mol. The van der Waals surface area contributed by atoms with Crippen molar-refractivity contribution in [2.45, 2.75) is 26.8 Å². The fourth-order valence-corrected chi connectivity index (χ4v) is 3.54. The number of hydrogen-bond acceptors (Lipinski definition) is 3. The van der Waals surface area contributed by atoms with Crippen molar-refractivity contribution in [1.82, 2.24) is 15.6 Å². The van der Waals surface area contributed by atoms with E-state index in [1.54, 1.807) is 6.20 Å². The van der Waals surface area contributed by atoms with Crippen molar-refractivity contribution in [3.8, 4) is 0 Å². The number of nitrogens with one attached hydrogen (secondary N) is 2. The fraction of sp³-hybridized carbons (Fsp3) is 0.429. The molecule has 1 aliphatic heterocycles. The highest BCUT2D eigenvalue weighted by molar-refractivity contribution is 6.30. The van der Waals surface area contributed by atoms with Crippen LogP contribution in [0.5, 0.6) is 0 Å². The number of pyridine rings is 1. The van der Waals surface area contributed by atoms with Crippen molar-refractivity contribution in [3.63, 3.8) is 0 Å².